The summed E-state index contributed by atoms with van der Waals surface area (Å²) in [7, 11) is 0. The molecule has 204 valence electrons. The van der Waals surface area contributed by atoms with Crippen molar-refractivity contribution in [3.63, 3.8) is 0 Å². The molecule has 0 saturated carbocycles. The highest BCUT2D eigenvalue weighted by atomic mass is 35.5. The maximum absolute atomic E-state index is 13.3. The maximum Gasteiger partial charge on any atom is 0.326 e. The molecule has 2 aliphatic rings. The number of fused-ring (bicyclic) bond motifs is 1. The third-order valence-electron chi connectivity index (χ3n) is 7.95. The molecule has 3 heterocycles. The zero-order chi connectivity index (χ0) is 27.5. The molecule has 0 radical (unpaired) electrons. The maximum atomic E-state index is 13.3. The van der Waals surface area contributed by atoms with Crippen molar-refractivity contribution in [2.45, 2.75) is 27.2 Å². The Morgan fingerprint density at radius 1 is 0.949 bits per heavy atom. The molecular weight excluding hydrogens is 510 g/mol. The summed E-state index contributed by atoms with van der Waals surface area (Å²) in [4.78, 5) is 37.2. The summed E-state index contributed by atoms with van der Waals surface area (Å²) in [6.45, 7) is 11.0. The molecule has 39 heavy (non-hydrogen) atoms. The molecule has 0 bridgehead atoms. The molecule has 3 amide bonds. The largest absolute Gasteiger partial charge is 0.338 e. The molecule has 2 aromatic carbocycles. The van der Waals surface area contributed by atoms with Gasteiger partial charge in [-0.3, -0.25) is 14.7 Å². The highest BCUT2D eigenvalue weighted by Crippen LogP contribution is 2.32. The quantitative estimate of drug-likeness (QED) is 0.408. The normalized spacial score (nSPS) is 18.7. The first-order chi connectivity index (χ1) is 18.8. The molecule has 0 unspecified atom stereocenters. The van der Waals surface area contributed by atoms with E-state index in [0.717, 1.165) is 67.2 Å². The number of aromatic nitrogens is 1. The number of amides is 3. The van der Waals surface area contributed by atoms with Crippen LogP contribution in [-0.2, 0) is 0 Å². The molecule has 5 rings (SSSR count). The Bertz CT molecular complexity index is 1290. The van der Waals surface area contributed by atoms with Gasteiger partial charge in [-0.2, -0.15) is 0 Å². The second kappa shape index (κ2) is 11.8. The van der Waals surface area contributed by atoms with Gasteiger partial charge in [0, 0.05) is 55.3 Å². The molecule has 1 aromatic heterocycles. The van der Waals surface area contributed by atoms with Crippen LogP contribution in [0.5, 0.6) is 0 Å². The average Bonchev–Trinajstić information content (AvgIpc) is 3.48. The SMILES string of the molecule is Cc1ccc(N(CCCN2C[C@@H]3CN(C(=O)c4c(C)ccnc4C)C[C@@H]3C2)C(=O)Nc2ccc(Cl)cc2)cc1. The van der Waals surface area contributed by atoms with Gasteiger partial charge in [-0.1, -0.05) is 29.3 Å². The van der Waals surface area contributed by atoms with Crippen LogP contribution >= 0.6 is 11.6 Å². The number of benzene rings is 2. The van der Waals surface area contributed by atoms with E-state index in [0.29, 0.717) is 29.1 Å². The Hall–Kier alpha value is -3.42. The number of anilines is 2. The minimum atomic E-state index is -0.158. The van der Waals surface area contributed by atoms with Gasteiger partial charge in [-0.25, -0.2) is 4.79 Å². The van der Waals surface area contributed by atoms with Crippen molar-refractivity contribution < 1.29 is 9.59 Å². The number of hydrogen-bond donors (Lipinski definition) is 1. The van der Waals surface area contributed by atoms with E-state index in [-0.39, 0.29) is 11.9 Å². The number of aryl methyl sites for hydroxylation is 3. The zero-order valence-electron chi connectivity index (χ0n) is 22.9. The molecule has 0 spiro atoms. The summed E-state index contributed by atoms with van der Waals surface area (Å²) in [6.07, 6.45) is 2.62. The van der Waals surface area contributed by atoms with Crippen LogP contribution < -0.4 is 10.2 Å². The summed E-state index contributed by atoms with van der Waals surface area (Å²) < 4.78 is 0. The van der Waals surface area contributed by atoms with E-state index in [1.165, 1.54) is 0 Å². The first kappa shape index (κ1) is 27.2. The fourth-order valence-corrected chi connectivity index (χ4v) is 5.99. The number of halogens is 1. The summed E-state index contributed by atoms with van der Waals surface area (Å²) in [5.41, 5.74) is 5.29. The number of urea groups is 1. The van der Waals surface area contributed by atoms with E-state index < -0.39 is 0 Å². The van der Waals surface area contributed by atoms with Crippen molar-refractivity contribution in [1.29, 1.82) is 0 Å². The smallest absolute Gasteiger partial charge is 0.326 e. The first-order valence-electron chi connectivity index (χ1n) is 13.6. The fourth-order valence-electron chi connectivity index (χ4n) is 5.86. The monoisotopic (exact) mass is 545 g/mol. The highest BCUT2D eigenvalue weighted by molar-refractivity contribution is 6.30. The highest BCUT2D eigenvalue weighted by Gasteiger charge is 2.41. The fraction of sp³-hybridized carbons (Fsp3) is 0.387. The average molecular weight is 546 g/mol. The van der Waals surface area contributed by atoms with Gasteiger partial charge in [0.1, 0.15) is 0 Å². The van der Waals surface area contributed by atoms with Gasteiger partial charge in [0.2, 0.25) is 0 Å². The number of nitrogens with zero attached hydrogens (tertiary/aromatic N) is 4. The van der Waals surface area contributed by atoms with Crippen LogP contribution in [0.3, 0.4) is 0 Å². The van der Waals surface area contributed by atoms with Crippen molar-refractivity contribution in [3.8, 4) is 0 Å². The molecule has 0 aliphatic carbocycles. The van der Waals surface area contributed by atoms with Gasteiger partial charge in [-0.15, -0.1) is 0 Å². The van der Waals surface area contributed by atoms with E-state index in [9.17, 15) is 9.59 Å². The number of rotatable bonds is 7. The zero-order valence-corrected chi connectivity index (χ0v) is 23.6. The van der Waals surface area contributed by atoms with Crippen molar-refractivity contribution >= 4 is 34.9 Å². The molecule has 2 aliphatic heterocycles. The number of nitrogens with one attached hydrogen (secondary N) is 1. The summed E-state index contributed by atoms with van der Waals surface area (Å²) in [5, 5.41) is 3.64. The minimum absolute atomic E-state index is 0.111. The molecule has 1 N–H and O–H groups in total. The van der Waals surface area contributed by atoms with Crippen LogP contribution in [0.1, 0.15) is 33.6 Å². The second-order valence-electron chi connectivity index (χ2n) is 10.9. The van der Waals surface area contributed by atoms with Gasteiger partial charge in [0.05, 0.1) is 11.3 Å². The predicted octanol–water partition coefficient (Wildman–Crippen LogP) is 5.79. The molecule has 7 nitrogen and oxygen atoms in total. The molecule has 8 heteroatoms. The standard InChI is InChI=1S/C31H36ClN5O2/c1-21-5-11-28(12-6-21)37(31(39)34-27-9-7-26(32)8-10-27)16-4-15-35-17-24-19-36(20-25(24)18-35)30(38)29-22(2)13-14-33-23(29)3/h5-14,24-25H,4,15-20H2,1-3H3,(H,34,39)/t24-,25+. The van der Waals surface area contributed by atoms with Crippen molar-refractivity contribution in [2.24, 2.45) is 11.8 Å². The summed E-state index contributed by atoms with van der Waals surface area (Å²) in [5.74, 6) is 1.10. The van der Waals surface area contributed by atoms with Crippen LogP contribution in [0.25, 0.3) is 0 Å². The van der Waals surface area contributed by atoms with E-state index >= 15 is 0 Å². The Morgan fingerprint density at radius 2 is 1.62 bits per heavy atom. The lowest BCUT2D eigenvalue weighted by molar-refractivity contribution is 0.0772. The van der Waals surface area contributed by atoms with Crippen LogP contribution in [-0.4, -0.2) is 66.0 Å². The van der Waals surface area contributed by atoms with Gasteiger partial charge in [0.25, 0.3) is 5.91 Å². The van der Waals surface area contributed by atoms with Gasteiger partial charge in [-0.05, 0) is 93.6 Å². The molecule has 2 fully saturated rings. The van der Waals surface area contributed by atoms with Crippen molar-refractivity contribution in [2.75, 3.05) is 49.5 Å². The number of carbonyl (C=O) groups excluding carboxylic acids is 2. The number of carbonyl (C=O) groups is 2. The predicted molar refractivity (Wildman–Crippen MR) is 157 cm³/mol. The van der Waals surface area contributed by atoms with Crippen molar-refractivity contribution in [1.82, 2.24) is 14.8 Å². The third-order valence-corrected chi connectivity index (χ3v) is 8.21. The van der Waals surface area contributed by atoms with E-state index in [2.05, 4.69) is 15.2 Å². The first-order valence-corrected chi connectivity index (χ1v) is 14.0. The van der Waals surface area contributed by atoms with E-state index in [4.69, 9.17) is 11.6 Å². The number of hydrogen-bond acceptors (Lipinski definition) is 4. The Kier molecular flexibility index (Phi) is 8.19. The summed E-state index contributed by atoms with van der Waals surface area (Å²) in [6, 6.07) is 17.0. The van der Waals surface area contributed by atoms with Crippen molar-refractivity contribution in [3.05, 3.63) is 88.2 Å². The second-order valence-corrected chi connectivity index (χ2v) is 11.3. The van der Waals surface area contributed by atoms with Crippen LogP contribution in [0.2, 0.25) is 5.02 Å². The lowest BCUT2D eigenvalue weighted by Crippen LogP contribution is -2.38. The molecular formula is C31H36ClN5O2. The lowest BCUT2D eigenvalue weighted by atomic mass is 10.0. The molecule has 2 atom stereocenters. The Labute approximate surface area is 235 Å². The third kappa shape index (κ3) is 6.26. The van der Waals surface area contributed by atoms with Crippen LogP contribution in [0.4, 0.5) is 16.2 Å². The number of likely N-dealkylation sites (tertiary alicyclic amines) is 2. The topological polar surface area (TPSA) is 68.8 Å². The molecule has 3 aromatic rings. The van der Waals surface area contributed by atoms with Gasteiger partial charge < -0.3 is 15.1 Å². The number of pyridine rings is 1. The minimum Gasteiger partial charge on any atom is -0.338 e. The molecule has 2 saturated heterocycles. The summed E-state index contributed by atoms with van der Waals surface area (Å²) >= 11 is 6.00. The van der Waals surface area contributed by atoms with Crippen LogP contribution in [0, 0.1) is 32.6 Å². The van der Waals surface area contributed by atoms with Crippen LogP contribution in [0.15, 0.2) is 60.8 Å². The van der Waals surface area contributed by atoms with E-state index in [1.807, 2.05) is 73.0 Å². The van der Waals surface area contributed by atoms with Gasteiger partial charge in [0.15, 0.2) is 0 Å². The lowest BCUT2D eigenvalue weighted by Gasteiger charge is -2.26. The Balaban J connectivity index is 1.16. The van der Waals surface area contributed by atoms with E-state index in [1.54, 1.807) is 18.3 Å². The Morgan fingerprint density at radius 3 is 2.26 bits per heavy atom. The van der Waals surface area contributed by atoms with Gasteiger partial charge >= 0.3 is 6.03 Å².